The first-order valence-electron chi connectivity index (χ1n) is 11.1. The predicted octanol–water partition coefficient (Wildman–Crippen LogP) is 3.33. The molecule has 3 atom stereocenters. The molecule has 0 aromatic heterocycles. The molecule has 1 aliphatic carbocycles. The van der Waals surface area contributed by atoms with Crippen molar-refractivity contribution in [1.82, 2.24) is 4.90 Å². The van der Waals surface area contributed by atoms with Gasteiger partial charge in [-0.15, -0.1) is 0 Å². The Morgan fingerprint density at radius 3 is 2.70 bits per heavy atom. The van der Waals surface area contributed by atoms with Crippen molar-refractivity contribution in [1.29, 1.82) is 0 Å². The van der Waals surface area contributed by atoms with Crippen LogP contribution >= 0.6 is 0 Å². The number of nitrogens with zero attached hydrogens (tertiary/aromatic N) is 1. The lowest BCUT2D eigenvalue weighted by molar-refractivity contribution is -0.149. The van der Waals surface area contributed by atoms with Crippen LogP contribution in [0.5, 0.6) is 11.5 Å². The van der Waals surface area contributed by atoms with Crippen LogP contribution in [0.4, 0.5) is 0 Å². The van der Waals surface area contributed by atoms with Crippen molar-refractivity contribution in [3.05, 3.63) is 23.3 Å². The monoisotopic (exact) mass is 377 g/mol. The van der Waals surface area contributed by atoms with Gasteiger partial charge >= 0.3 is 0 Å². The maximum absolute atomic E-state index is 10.7. The van der Waals surface area contributed by atoms with Gasteiger partial charge in [0.15, 0.2) is 11.5 Å². The number of piperidine rings is 1. The summed E-state index contributed by atoms with van der Waals surface area (Å²) in [6.07, 6.45) is 2.49. The molecule has 0 amide bonds. The van der Waals surface area contributed by atoms with Gasteiger partial charge in [-0.1, -0.05) is 0 Å². The molecule has 1 saturated carbocycles. The van der Waals surface area contributed by atoms with E-state index in [0.717, 1.165) is 36.9 Å². The lowest BCUT2D eigenvalue weighted by Crippen LogP contribution is -2.53. The summed E-state index contributed by atoms with van der Waals surface area (Å²) in [6, 6.07) is 4.02. The van der Waals surface area contributed by atoms with Crippen LogP contribution in [0.25, 0.3) is 0 Å². The molecule has 4 rings (SSSR count). The van der Waals surface area contributed by atoms with E-state index in [9.17, 15) is 5.11 Å². The Labute approximate surface area is 165 Å². The molecule has 27 heavy (non-hydrogen) atoms. The van der Waals surface area contributed by atoms with Crippen molar-refractivity contribution < 1.29 is 22.1 Å². The molecule has 3 aliphatic rings. The molecule has 1 saturated heterocycles. The summed E-state index contributed by atoms with van der Waals surface area (Å²) in [5, 5.41) is 10.7. The normalized spacial score (nSPS) is 30.0. The molecule has 0 radical (unpaired) electrons. The Hall–Kier alpha value is -1.30. The maximum atomic E-state index is 10.7. The standard InChI is InChI=1S/C22H33NO4/c1-22(2,3)27-21-12-23-8-7-15-9-20(26-13-14-5-6-14)19(25-4)10-16(15)17(23)11-18(21)24/h9-10,14,17-18,21,24H,5-8,11-13H2,1-4H3/t17-,18-,21-/m1/s1/i13D2. The van der Waals surface area contributed by atoms with Gasteiger partial charge in [-0.3, -0.25) is 4.90 Å². The molecule has 1 aromatic rings. The van der Waals surface area contributed by atoms with E-state index in [1.54, 1.807) is 7.11 Å². The fourth-order valence-electron chi connectivity index (χ4n) is 4.15. The number of hydrogen-bond donors (Lipinski definition) is 1. The molecule has 5 nitrogen and oxygen atoms in total. The summed E-state index contributed by atoms with van der Waals surface area (Å²) < 4.78 is 33.8. The first-order valence-corrected chi connectivity index (χ1v) is 10.1. The smallest absolute Gasteiger partial charge is 0.161 e. The van der Waals surface area contributed by atoms with Gasteiger partial charge < -0.3 is 19.3 Å². The van der Waals surface area contributed by atoms with E-state index in [1.165, 1.54) is 0 Å². The van der Waals surface area contributed by atoms with Crippen LogP contribution in [0.2, 0.25) is 0 Å². The second-order valence-electron chi connectivity index (χ2n) is 9.03. The molecule has 2 fully saturated rings. The number of rotatable bonds is 5. The van der Waals surface area contributed by atoms with Crippen molar-refractivity contribution in [3.63, 3.8) is 0 Å². The Balaban J connectivity index is 1.57. The largest absolute Gasteiger partial charge is 0.493 e. The molecule has 0 bridgehead atoms. The number of aliphatic hydroxyl groups excluding tert-OH is 1. The highest BCUT2D eigenvalue weighted by Crippen LogP contribution is 2.43. The third kappa shape index (κ3) is 4.25. The molecule has 1 aromatic carbocycles. The van der Waals surface area contributed by atoms with Crippen molar-refractivity contribution in [3.8, 4) is 11.5 Å². The number of hydrogen-bond acceptors (Lipinski definition) is 5. The molecule has 0 spiro atoms. The minimum atomic E-state index is -1.67. The Bertz CT molecular complexity index is 760. The minimum absolute atomic E-state index is 0.0352. The SMILES string of the molecule is [2H]C([2H])(Oc1cc2c(cc1OC)[C@H]1C[C@@H](O)[C@H](OC(C)(C)C)CN1CC2)C1CC1. The van der Waals surface area contributed by atoms with Gasteiger partial charge in [-0.25, -0.2) is 0 Å². The zero-order valence-electron chi connectivity index (χ0n) is 18.8. The van der Waals surface area contributed by atoms with Gasteiger partial charge in [-0.2, -0.15) is 0 Å². The number of benzene rings is 1. The summed E-state index contributed by atoms with van der Waals surface area (Å²) in [5.74, 6) is 0.992. The summed E-state index contributed by atoms with van der Waals surface area (Å²) in [6.45, 7) is 5.97. The fraction of sp³-hybridized carbons (Fsp3) is 0.727. The molecular weight excluding hydrogens is 342 g/mol. The number of methoxy groups -OCH3 is 1. The molecular formula is C22H33NO4. The van der Waals surface area contributed by atoms with Crippen LogP contribution in [0.3, 0.4) is 0 Å². The van der Waals surface area contributed by atoms with Gasteiger partial charge in [0.25, 0.3) is 0 Å². The number of ether oxygens (including phenoxy) is 3. The molecule has 1 N–H and O–H groups in total. The Kier molecular flexibility index (Phi) is 4.48. The van der Waals surface area contributed by atoms with Crippen LogP contribution in [0.15, 0.2) is 12.1 Å². The minimum Gasteiger partial charge on any atom is -0.493 e. The van der Waals surface area contributed by atoms with Gasteiger partial charge in [0.2, 0.25) is 0 Å². The van der Waals surface area contributed by atoms with Gasteiger partial charge in [0.05, 0.1) is 34.2 Å². The highest BCUT2D eigenvalue weighted by Gasteiger charge is 2.40. The summed E-state index contributed by atoms with van der Waals surface area (Å²) in [4.78, 5) is 2.38. The zero-order chi connectivity index (χ0) is 21.0. The molecule has 5 heteroatoms. The van der Waals surface area contributed by atoms with Crippen molar-refractivity contribution in [2.45, 2.75) is 70.3 Å². The van der Waals surface area contributed by atoms with Crippen LogP contribution < -0.4 is 9.47 Å². The summed E-state index contributed by atoms with van der Waals surface area (Å²) in [5.41, 5.74) is 2.00. The van der Waals surface area contributed by atoms with Crippen LogP contribution in [-0.4, -0.2) is 54.6 Å². The van der Waals surface area contributed by atoms with Gasteiger partial charge in [0.1, 0.15) is 0 Å². The number of fused-ring (bicyclic) bond motifs is 3. The van der Waals surface area contributed by atoms with Crippen LogP contribution in [0, 0.1) is 5.92 Å². The molecule has 2 heterocycles. The Morgan fingerprint density at radius 1 is 1.26 bits per heavy atom. The lowest BCUT2D eigenvalue weighted by atomic mass is 9.84. The third-order valence-corrected chi connectivity index (χ3v) is 5.62. The first kappa shape index (κ1) is 16.6. The molecule has 0 unspecified atom stereocenters. The Morgan fingerprint density at radius 2 is 2.04 bits per heavy atom. The van der Waals surface area contributed by atoms with Crippen molar-refractivity contribution in [2.75, 3.05) is 26.8 Å². The summed E-state index contributed by atoms with van der Waals surface area (Å²) in [7, 11) is 1.59. The van der Waals surface area contributed by atoms with Crippen LogP contribution in [0.1, 0.15) is 59.9 Å². The first-order chi connectivity index (χ1) is 13.6. The van der Waals surface area contributed by atoms with Crippen molar-refractivity contribution >= 4 is 0 Å². The van der Waals surface area contributed by atoms with Crippen molar-refractivity contribution in [2.24, 2.45) is 5.92 Å². The van der Waals surface area contributed by atoms with E-state index in [4.69, 9.17) is 17.0 Å². The second kappa shape index (κ2) is 7.26. The topological polar surface area (TPSA) is 51.2 Å². The van der Waals surface area contributed by atoms with E-state index >= 15 is 0 Å². The highest BCUT2D eigenvalue weighted by atomic mass is 16.5. The van der Waals surface area contributed by atoms with Gasteiger partial charge in [0, 0.05) is 19.1 Å². The van der Waals surface area contributed by atoms with E-state index in [0.29, 0.717) is 24.5 Å². The van der Waals surface area contributed by atoms with E-state index in [-0.39, 0.29) is 23.7 Å². The van der Waals surface area contributed by atoms with E-state index in [2.05, 4.69) is 4.90 Å². The van der Waals surface area contributed by atoms with E-state index < -0.39 is 12.7 Å². The molecule has 150 valence electrons. The maximum Gasteiger partial charge on any atom is 0.161 e. The summed E-state index contributed by atoms with van der Waals surface area (Å²) >= 11 is 0. The quantitative estimate of drug-likeness (QED) is 0.853. The van der Waals surface area contributed by atoms with Gasteiger partial charge in [-0.05, 0) is 75.6 Å². The second-order valence-corrected chi connectivity index (χ2v) is 9.03. The zero-order valence-corrected chi connectivity index (χ0v) is 16.8. The predicted molar refractivity (Wildman–Crippen MR) is 104 cm³/mol. The molecule has 2 aliphatic heterocycles. The fourth-order valence-corrected chi connectivity index (χ4v) is 4.15. The average molecular weight is 378 g/mol. The lowest BCUT2D eigenvalue weighted by Gasteiger charge is -2.46. The third-order valence-electron chi connectivity index (χ3n) is 5.62. The number of aliphatic hydroxyl groups is 1. The van der Waals surface area contributed by atoms with E-state index in [1.807, 2.05) is 32.9 Å². The van der Waals surface area contributed by atoms with Crippen LogP contribution in [-0.2, 0) is 11.2 Å². The highest BCUT2D eigenvalue weighted by molar-refractivity contribution is 5.49. The average Bonchev–Trinajstić information content (AvgIpc) is 3.46.